The first-order valence-corrected chi connectivity index (χ1v) is 6.23. The van der Waals surface area contributed by atoms with Gasteiger partial charge in [0.1, 0.15) is 5.82 Å². The van der Waals surface area contributed by atoms with Crippen molar-refractivity contribution in [2.24, 2.45) is 0 Å². The maximum absolute atomic E-state index is 11.7. The van der Waals surface area contributed by atoms with Crippen LogP contribution in [-0.4, -0.2) is 16.0 Å². The predicted molar refractivity (Wildman–Crippen MR) is 73.6 cm³/mol. The van der Waals surface area contributed by atoms with Gasteiger partial charge in [-0.3, -0.25) is 4.79 Å². The highest BCUT2D eigenvalue weighted by Gasteiger charge is 2.08. The molecule has 0 unspecified atom stereocenters. The number of anilines is 1. The molecule has 0 saturated heterocycles. The molecule has 2 aromatic rings. The number of rotatable bonds is 2. The molecule has 2 N–H and O–H groups in total. The number of nitrogens with zero attached hydrogens (tertiary/aromatic N) is 1. The monoisotopic (exact) mass is 295 g/mol. The zero-order chi connectivity index (χ0) is 12.6. The zero-order valence-electron chi connectivity index (χ0n) is 9.97. The third-order valence-electron chi connectivity index (χ3n) is 2.36. The van der Waals surface area contributed by atoms with Gasteiger partial charge in [0.15, 0.2) is 0 Å². The molecule has 0 amide bonds. The predicted octanol–water partition coefficient (Wildman–Crippen LogP) is 2.81. The summed E-state index contributed by atoms with van der Waals surface area (Å²) < 4.78 is 0.870. The summed E-state index contributed by atoms with van der Waals surface area (Å²) >= 11 is 3.46. The van der Waals surface area contributed by atoms with E-state index in [2.05, 4.69) is 45.1 Å². The summed E-state index contributed by atoms with van der Waals surface area (Å²) in [4.78, 5) is 18.8. The third-order valence-corrected chi connectivity index (χ3v) is 3.01. The summed E-state index contributed by atoms with van der Waals surface area (Å²) in [5, 5.41) is 3.90. The van der Waals surface area contributed by atoms with Gasteiger partial charge < -0.3 is 10.3 Å². The Morgan fingerprint density at radius 3 is 2.76 bits per heavy atom. The molecule has 1 aromatic heterocycles. The van der Waals surface area contributed by atoms with E-state index in [1.165, 1.54) is 0 Å². The second-order valence-corrected chi connectivity index (χ2v) is 5.15. The molecule has 0 bridgehead atoms. The summed E-state index contributed by atoms with van der Waals surface area (Å²) in [5.74, 6) is 0.625. The van der Waals surface area contributed by atoms with Crippen molar-refractivity contribution in [2.75, 3.05) is 5.32 Å². The molecule has 0 radical (unpaired) electrons. The van der Waals surface area contributed by atoms with Gasteiger partial charge in [0.25, 0.3) is 5.56 Å². The molecular weight excluding hydrogens is 282 g/mol. The maximum atomic E-state index is 11.7. The van der Waals surface area contributed by atoms with Crippen LogP contribution >= 0.6 is 15.9 Å². The Balaban J connectivity index is 2.67. The van der Waals surface area contributed by atoms with Crippen LogP contribution in [0.15, 0.2) is 21.4 Å². The van der Waals surface area contributed by atoms with Crippen LogP contribution in [0.25, 0.3) is 10.9 Å². The molecular formula is C12H14BrN3O. The molecule has 17 heavy (non-hydrogen) atoms. The van der Waals surface area contributed by atoms with Crippen LogP contribution in [0.3, 0.4) is 0 Å². The molecule has 0 aliphatic rings. The molecule has 5 heteroatoms. The number of nitrogens with one attached hydrogen (secondary N) is 2. The van der Waals surface area contributed by atoms with Gasteiger partial charge in [0.05, 0.1) is 16.6 Å². The van der Waals surface area contributed by atoms with E-state index in [0.717, 1.165) is 10.2 Å². The lowest BCUT2D eigenvalue weighted by Crippen LogP contribution is -2.12. The van der Waals surface area contributed by atoms with Crippen molar-refractivity contribution in [2.45, 2.75) is 26.8 Å². The minimum Gasteiger partial charge on any atom is -0.382 e. The van der Waals surface area contributed by atoms with Crippen molar-refractivity contribution in [3.8, 4) is 0 Å². The molecule has 0 aliphatic heterocycles. The molecule has 1 heterocycles. The number of H-pyrrole nitrogens is 1. The smallest absolute Gasteiger partial charge is 0.258 e. The van der Waals surface area contributed by atoms with E-state index in [-0.39, 0.29) is 5.56 Å². The average molecular weight is 296 g/mol. The molecule has 4 nitrogen and oxygen atoms in total. The first-order chi connectivity index (χ1) is 7.97. The molecule has 0 aliphatic carbocycles. The number of halogens is 1. The molecule has 1 aromatic carbocycles. The SMILES string of the molecule is Cc1nc2cc(NC(C)C)c(Br)cc2c(=O)[nH]1. The molecule has 0 fully saturated rings. The molecule has 0 spiro atoms. The van der Waals surface area contributed by atoms with Crippen LogP contribution in [0, 0.1) is 6.92 Å². The quantitative estimate of drug-likeness (QED) is 0.896. The van der Waals surface area contributed by atoms with Gasteiger partial charge in [-0.2, -0.15) is 0 Å². The maximum Gasteiger partial charge on any atom is 0.258 e. The summed E-state index contributed by atoms with van der Waals surface area (Å²) in [5.41, 5.74) is 1.55. The first-order valence-electron chi connectivity index (χ1n) is 5.44. The van der Waals surface area contributed by atoms with Crippen LogP contribution in [0.1, 0.15) is 19.7 Å². The largest absolute Gasteiger partial charge is 0.382 e. The number of benzene rings is 1. The van der Waals surface area contributed by atoms with Gasteiger partial charge in [-0.25, -0.2) is 4.98 Å². The van der Waals surface area contributed by atoms with Gasteiger partial charge in [0.2, 0.25) is 0 Å². The van der Waals surface area contributed by atoms with Crippen molar-refractivity contribution in [3.05, 3.63) is 32.8 Å². The van der Waals surface area contributed by atoms with Crippen LogP contribution in [-0.2, 0) is 0 Å². The van der Waals surface area contributed by atoms with Crippen molar-refractivity contribution in [1.82, 2.24) is 9.97 Å². The fraction of sp³-hybridized carbons (Fsp3) is 0.333. The number of hydrogen-bond acceptors (Lipinski definition) is 3. The molecule has 2 rings (SSSR count). The fourth-order valence-electron chi connectivity index (χ4n) is 1.70. The van der Waals surface area contributed by atoms with E-state index in [1.54, 1.807) is 13.0 Å². The van der Waals surface area contributed by atoms with Gasteiger partial charge in [0, 0.05) is 10.5 Å². The Morgan fingerprint density at radius 1 is 1.41 bits per heavy atom. The second kappa shape index (κ2) is 4.49. The van der Waals surface area contributed by atoms with E-state index in [4.69, 9.17) is 0 Å². The minimum absolute atomic E-state index is 0.107. The van der Waals surface area contributed by atoms with Crippen molar-refractivity contribution in [1.29, 1.82) is 0 Å². The normalized spacial score (nSPS) is 11.1. The minimum atomic E-state index is -0.107. The Labute approximate surface area is 108 Å². The highest BCUT2D eigenvalue weighted by molar-refractivity contribution is 9.10. The number of aryl methyl sites for hydroxylation is 1. The number of hydrogen-bond donors (Lipinski definition) is 2. The van der Waals surface area contributed by atoms with Crippen LogP contribution in [0.2, 0.25) is 0 Å². The molecule has 90 valence electrons. The highest BCUT2D eigenvalue weighted by Crippen LogP contribution is 2.26. The molecule has 0 saturated carbocycles. The van der Waals surface area contributed by atoms with Crippen molar-refractivity contribution >= 4 is 32.5 Å². The Kier molecular flexibility index (Phi) is 3.19. The van der Waals surface area contributed by atoms with E-state index in [1.807, 2.05) is 6.07 Å². The third kappa shape index (κ3) is 2.49. The Morgan fingerprint density at radius 2 is 2.12 bits per heavy atom. The van der Waals surface area contributed by atoms with Gasteiger partial charge in [-0.15, -0.1) is 0 Å². The zero-order valence-corrected chi connectivity index (χ0v) is 11.6. The van der Waals surface area contributed by atoms with Crippen molar-refractivity contribution in [3.63, 3.8) is 0 Å². The lowest BCUT2D eigenvalue weighted by atomic mass is 10.2. The number of aromatic amines is 1. The lowest BCUT2D eigenvalue weighted by Gasteiger charge is -2.12. The Hall–Kier alpha value is -1.36. The first kappa shape index (κ1) is 12.1. The summed E-state index contributed by atoms with van der Waals surface area (Å²) in [6, 6.07) is 4.01. The van der Waals surface area contributed by atoms with E-state index < -0.39 is 0 Å². The fourth-order valence-corrected chi connectivity index (χ4v) is 2.16. The number of fused-ring (bicyclic) bond motifs is 1. The second-order valence-electron chi connectivity index (χ2n) is 4.30. The topological polar surface area (TPSA) is 57.8 Å². The van der Waals surface area contributed by atoms with E-state index in [0.29, 0.717) is 22.8 Å². The summed E-state index contributed by atoms with van der Waals surface area (Å²) in [6.07, 6.45) is 0. The number of aromatic nitrogens is 2. The summed E-state index contributed by atoms with van der Waals surface area (Å²) in [6.45, 7) is 5.90. The van der Waals surface area contributed by atoms with Crippen LogP contribution in [0.5, 0.6) is 0 Å². The lowest BCUT2D eigenvalue weighted by molar-refractivity contribution is 0.898. The van der Waals surface area contributed by atoms with Gasteiger partial charge >= 0.3 is 0 Å². The highest BCUT2D eigenvalue weighted by atomic mass is 79.9. The molecule has 0 atom stereocenters. The van der Waals surface area contributed by atoms with E-state index in [9.17, 15) is 4.79 Å². The average Bonchev–Trinajstić information content (AvgIpc) is 2.20. The Bertz CT molecular complexity index is 619. The standard InChI is InChI=1S/C12H14BrN3O/c1-6(2)14-11-5-10-8(4-9(11)13)12(17)16-7(3)15-10/h4-6,14H,1-3H3,(H,15,16,17). The van der Waals surface area contributed by atoms with Crippen LogP contribution < -0.4 is 10.9 Å². The van der Waals surface area contributed by atoms with Crippen molar-refractivity contribution < 1.29 is 0 Å². The van der Waals surface area contributed by atoms with E-state index >= 15 is 0 Å². The van der Waals surface area contributed by atoms with Gasteiger partial charge in [-0.1, -0.05) is 0 Å². The summed E-state index contributed by atoms with van der Waals surface area (Å²) in [7, 11) is 0. The van der Waals surface area contributed by atoms with Gasteiger partial charge in [-0.05, 0) is 48.8 Å². The van der Waals surface area contributed by atoms with Crippen LogP contribution in [0.4, 0.5) is 5.69 Å².